The predicted molar refractivity (Wildman–Crippen MR) is 72.4 cm³/mol. The van der Waals surface area contributed by atoms with Crippen molar-refractivity contribution in [2.24, 2.45) is 0 Å². The van der Waals surface area contributed by atoms with Crippen LogP contribution in [0.25, 0.3) is 0 Å². The smallest absolute Gasteiger partial charge is 0.307 e. The van der Waals surface area contributed by atoms with Crippen LogP contribution in [0.1, 0.15) is 18.9 Å². The number of anilines is 1. The Morgan fingerprint density at radius 1 is 1.47 bits per heavy atom. The van der Waals surface area contributed by atoms with Gasteiger partial charge >= 0.3 is 5.97 Å². The summed E-state index contributed by atoms with van der Waals surface area (Å²) < 4.78 is 4.84. The second-order valence-electron chi connectivity index (χ2n) is 4.18. The summed E-state index contributed by atoms with van der Waals surface area (Å²) in [7, 11) is 1.73. The van der Waals surface area contributed by atoms with Crippen LogP contribution in [-0.2, 0) is 9.53 Å². The molecule has 0 unspecified atom stereocenters. The van der Waals surface area contributed by atoms with Crippen molar-refractivity contribution in [3.05, 3.63) is 33.9 Å². The van der Waals surface area contributed by atoms with Gasteiger partial charge in [-0.15, -0.1) is 0 Å². The molecular weight excluding hydrogens is 248 g/mol. The molecule has 0 spiro atoms. The van der Waals surface area contributed by atoms with E-state index in [2.05, 4.69) is 0 Å². The summed E-state index contributed by atoms with van der Waals surface area (Å²) in [6, 6.07) is 4.92. The Kier molecular flexibility index (Phi) is 5.29. The van der Waals surface area contributed by atoms with Crippen LogP contribution < -0.4 is 4.90 Å². The van der Waals surface area contributed by atoms with Gasteiger partial charge in [0.25, 0.3) is 5.69 Å². The van der Waals surface area contributed by atoms with Crippen molar-refractivity contribution in [1.82, 2.24) is 0 Å². The summed E-state index contributed by atoms with van der Waals surface area (Å²) in [4.78, 5) is 23.6. The van der Waals surface area contributed by atoms with Crippen LogP contribution in [0.3, 0.4) is 0 Å². The van der Waals surface area contributed by atoms with Crippen molar-refractivity contribution in [3.63, 3.8) is 0 Å². The maximum absolute atomic E-state index is 11.3. The molecular formula is C13H18N2O4. The Labute approximate surface area is 112 Å². The molecule has 0 atom stereocenters. The molecule has 104 valence electrons. The van der Waals surface area contributed by atoms with Crippen molar-refractivity contribution in [2.75, 3.05) is 25.1 Å². The lowest BCUT2D eigenvalue weighted by Gasteiger charge is -2.20. The number of benzene rings is 1. The Hall–Kier alpha value is -2.11. The second-order valence-corrected chi connectivity index (χ2v) is 4.18. The maximum atomic E-state index is 11.3. The first-order valence-corrected chi connectivity index (χ1v) is 6.08. The van der Waals surface area contributed by atoms with Gasteiger partial charge in [0, 0.05) is 19.7 Å². The van der Waals surface area contributed by atoms with E-state index in [1.165, 1.54) is 6.07 Å². The number of nitro groups is 1. The summed E-state index contributed by atoms with van der Waals surface area (Å²) in [5.41, 5.74) is 1.39. The van der Waals surface area contributed by atoms with Crippen molar-refractivity contribution >= 4 is 17.3 Å². The highest BCUT2D eigenvalue weighted by Crippen LogP contribution is 2.30. The molecule has 0 saturated heterocycles. The second kappa shape index (κ2) is 6.72. The van der Waals surface area contributed by atoms with Gasteiger partial charge < -0.3 is 9.64 Å². The fourth-order valence-electron chi connectivity index (χ4n) is 1.89. The average molecular weight is 266 g/mol. The summed E-state index contributed by atoms with van der Waals surface area (Å²) >= 11 is 0. The van der Waals surface area contributed by atoms with E-state index < -0.39 is 4.92 Å². The third kappa shape index (κ3) is 3.94. The first-order chi connectivity index (χ1) is 8.97. The van der Waals surface area contributed by atoms with E-state index in [1.54, 1.807) is 24.9 Å². The number of carbonyl (C=O) groups is 1. The van der Waals surface area contributed by atoms with Crippen LogP contribution in [0.2, 0.25) is 0 Å². The lowest BCUT2D eigenvalue weighted by Crippen LogP contribution is -2.23. The summed E-state index contributed by atoms with van der Waals surface area (Å²) in [6.45, 7) is 4.27. The average Bonchev–Trinajstić information content (AvgIpc) is 2.36. The first-order valence-electron chi connectivity index (χ1n) is 6.08. The largest absolute Gasteiger partial charge is 0.466 e. The molecule has 19 heavy (non-hydrogen) atoms. The number of rotatable bonds is 6. The number of aryl methyl sites for hydroxylation is 1. The summed E-state index contributed by atoms with van der Waals surface area (Å²) in [5, 5.41) is 11.0. The van der Waals surface area contributed by atoms with E-state index in [0.717, 1.165) is 5.56 Å². The highest BCUT2D eigenvalue weighted by Gasteiger charge is 2.19. The lowest BCUT2D eigenvalue weighted by molar-refractivity contribution is -0.384. The van der Waals surface area contributed by atoms with Gasteiger partial charge in [0.15, 0.2) is 0 Å². The minimum Gasteiger partial charge on any atom is -0.466 e. The quantitative estimate of drug-likeness (QED) is 0.448. The third-order valence-electron chi connectivity index (χ3n) is 2.75. The fraction of sp³-hybridized carbons (Fsp3) is 0.462. The number of ether oxygens (including phenoxy) is 1. The Bertz CT molecular complexity index is 474. The minimum absolute atomic E-state index is 0.0476. The number of hydrogen-bond acceptors (Lipinski definition) is 5. The standard InChI is InChI=1S/C13H18N2O4/c1-4-19-12(16)8-9-14(3)13-10(2)6-5-7-11(13)15(17)18/h5-7H,4,8-9H2,1-3H3. The van der Waals surface area contributed by atoms with Crippen molar-refractivity contribution in [3.8, 4) is 0 Å². The van der Waals surface area contributed by atoms with E-state index in [0.29, 0.717) is 18.8 Å². The van der Waals surface area contributed by atoms with E-state index in [4.69, 9.17) is 4.74 Å². The van der Waals surface area contributed by atoms with E-state index in [-0.39, 0.29) is 18.1 Å². The molecule has 0 heterocycles. The van der Waals surface area contributed by atoms with Gasteiger partial charge in [-0.3, -0.25) is 14.9 Å². The molecule has 0 aliphatic heterocycles. The Morgan fingerprint density at radius 2 is 2.16 bits per heavy atom. The van der Waals surface area contributed by atoms with Crippen molar-refractivity contribution < 1.29 is 14.5 Å². The fourth-order valence-corrected chi connectivity index (χ4v) is 1.89. The van der Waals surface area contributed by atoms with Crippen LogP contribution in [0, 0.1) is 17.0 Å². The predicted octanol–water partition coefficient (Wildman–Crippen LogP) is 2.29. The van der Waals surface area contributed by atoms with E-state index in [1.807, 2.05) is 13.0 Å². The highest BCUT2D eigenvalue weighted by atomic mass is 16.6. The highest BCUT2D eigenvalue weighted by molar-refractivity contribution is 5.72. The van der Waals surface area contributed by atoms with Gasteiger partial charge in [0.1, 0.15) is 5.69 Å². The number of para-hydroxylation sites is 1. The number of carbonyl (C=O) groups excluding carboxylic acids is 1. The molecule has 0 amide bonds. The molecule has 1 aromatic carbocycles. The molecule has 0 aliphatic rings. The molecule has 0 aromatic heterocycles. The summed E-state index contributed by atoms with van der Waals surface area (Å²) in [6.07, 6.45) is 0.204. The molecule has 0 fully saturated rings. The Morgan fingerprint density at radius 3 is 2.74 bits per heavy atom. The Balaban J connectivity index is 2.84. The molecule has 6 nitrogen and oxygen atoms in total. The van der Waals surface area contributed by atoms with Crippen LogP contribution >= 0.6 is 0 Å². The summed E-state index contributed by atoms with van der Waals surface area (Å²) in [5.74, 6) is -0.300. The molecule has 1 aromatic rings. The molecule has 0 N–H and O–H groups in total. The molecule has 6 heteroatoms. The zero-order valence-corrected chi connectivity index (χ0v) is 11.4. The van der Waals surface area contributed by atoms with Crippen molar-refractivity contribution in [1.29, 1.82) is 0 Å². The van der Waals surface area contributed by atoms with Gasteiger partial charge in [0.05, 0.1) is 18.0 Å². The van der Waals surface area contributed by atoms with Gasteiger partial charge in [-0.2, -0.15) is 0 Å². The number of esters is 1. The van der Waals surface area contributed by atoms with E-state index >= 15 is 0 Å². The topological polar surface area (TPSA) is 72.7 Å². The molecule has 1 rings (SSSR count). The molecule has 0 saturated carbocycles. The van der Waals surface area contributed by atoms with Gasteiger partial charge in [-0.25, -0.2) is 0 Å². The lowest BCUT2D eigenvalue weighted by atomic mass is 10.1. The SMILES string of the molecule is CCOC(=O)CCN(C)c1c(C)cccc1[N+](=O)[O-]. The first kappa shape index (κ1) is 14.9. The van der Waals surface area contributed by atoms with Gasteiger partial charge in [-0.1, -0.05) is 12.1 Å². The zero-order valence-electron chi connectivity index (χ0n) is 11.4. The van der Waals surface area contributed by atoms with Crippen molar-refractivity contribution in [2.45, 2.75) is 20.3 Å². The third-order valence-corrected chi connectivity index (χ3v) is 2.75. The van der Waals surface area contributed by atoms with Gasteiger partial charge in [0.2, 0.25) is 0 Å². The van der Waals surface area contributed by atoms with Gasteiger partial charge in [-0.05, 0) is 19.4 Å². The monoisotopic (exact) mass is 266 g/mol. The normalized spacial score (nSPS) is 10.1. The maximum Gasteiger partial charge on any atom is 0.307 e. The number of hydrogen-bond donors (Lipinski definition) is 0. The number of nitrogens with zero attached hydrogens (tertiary/aromatic N) is 2. The van der Waals surface area contributed by atoms with Crippen LogP contribution in [0.5, 0.6) is 0 Å². The van der Waals surface area contributed by atoms with E-state index in [9.17, 15) is 14.9 Å². The van der Waals surface area contributed by atoms with Crippen LogP contribution in [0.15, 0.2) is 18.2 Å². The minimum atomic E-state index is -0.413. The molecule has 0 radical (unpaired) electrons. The van der Waals surface area contributed by atoms with Crippen LogP contribution in [-0.4, -0.2) is 31.1 Å². The molecule has 0 bridgehead atoms. The number of nitro benzene ring substituents is 1. The zero-order chi connectivity index (χ0) is 14.4. The van der Waals surface area contributed by atoms with Crippen LogP contribution in [0.4, 0.5) is 11.4 Å². The molecule has 0 aliphatic carbocycles.